The van der Waals surface area contributed by atoms with Crippen LogP contribution in [0.5, 0.6) is 17.5 Å². The van der Waals surface area contributed by atoms with Crippen molar-refractivity contribution in [2.75, 3.05) is 14.2 Å². The Bertz CT molecular complexity index is 315. The summed E-state index contributed by atoms with van der Waals surface area (Å²) in [6.07, 6.45) is 0. The molecule has 1 heterocycles. The highest BCUT2D eigenvalue weighted by atomic mass is 16.5. The van der Waals surface area contributed by atoms with Crippen molar-refractivity contribution in [1.82, 2.24) is 4.98 Å². The molecule has 0 amide bonds. The lowest BCUT2D eigenvalue weighted by molar-refractivity contribution is -0.131. The van der Waals surface area contributed by atoms with Gasteiger partial charge in [0.15, 0.2) is 0 Å². The Balaban J connectivity index is 2.98. The van der Waals surface area contributed by atoms with Crippen molar-refractivity contribution in [2.45, 2.75) is 6.92 Å². The predicted octanol–water partition coefficient (Wildman–Crippen LogP) is 1.02. The van der Waals surface area contributed by atoms with Gasteiger partial charge in [-0.05, 0) is 0 Å². The highest BCUT2D eigenvalue weighted by Gasteiger charge is 2.05. The van der Waals surface area contributed by atoms with Crippen LogP contribution in [0.2, 0.25) is 0 Å². The second-order valence-corrected chi connectivity index (χ2v) is 2.48. The second-order valence-electron chi connectivity index (χ2n) is 2.48. The monoisotopic (exact) mass is 197 g/mol. The van der Waals surface area contributed by atoms with Crippen LogP contribution in [0.3, 0.4) is 0 Å². The number of nitrogens with zero attached hydrogens (tertiary/aromatic N) is 1. The van der Waals surface area contributed by atoms with Crippen molar-refractivity contribution in [3.8, 4) is 17.5 Å². The summed E-state index contributed by atoms with van der Waals surface area (Å²) >= 11 is 0. The highest BCUT2D eigenvalue weighted by molar-refractivity contribution is 5.69. The van der Waals surface area contributed by atoms with Gasteiger partial charge in [0.2, 0.25) is 11.8 Å². The van der Waals surface area contributed by atoms with Crippen molar-refractivity contribution in [3.63, 3.8) is 0 Å². The maximum Gasteiger partial charge on any atom is 0.308 e. The number of pyridine rings is 1. The van der Waals surface area contributed by atoms with E-state index < -0.39 is 5.97 Å². The Hall–Kier alpha value is -1.78. The molecule has 1 rings (SSSR count). The Morgan fingerprint density at radius 1 is 1.21 bits per heavy atom. The van der Waals surface area contributed by atoms with Crippen LogP contribution >= 0.6 is 0 Å². The van der Waals surface area contributed by atoms with E-state index in [1.165, 1.54) is 33.3 Å². The van der Waals surface area contributed by atoms with Crippen LogP contribution in [0.1, 0.15) is 6.92 Å². The van der Waals surface area contributed by atoms with E-state index >= 15 is 0 Å². The van der Waals surface area contributed by atoms with Gasteiger partial charge in [0.1, 0.15) is 5.75 Å². The zero-order valence-electron chi connectivity index (χ0n) is 8.23. The van der Waals surface area contributed by atoms with E-state index in [-0.39, 0.29) is 0 Å². The summed E-state index contributed by atoms with van der Waals surface area (Å²) in [6.45, 7) is 1.32. The van der Waals surface area contributed by atoms with E-state index in [4.69, 9.17) is 14.2 Å². The summed E-state index contributed by atoms with van der Waals surface area (Å²) in [4.78, 5) is 14.6. The van der Waals surface area contributed by atoms with Crippen LogP contribution in [0.4, 0.5) is 0 Å². The van der Waals surface area contributed by atoms with Crippen LogP contribution in [0.25, 0.3) is 0 Å². The van der Waals surface area contributed by atoms with Crippen molar-refractivity contribution < 1.29 is 19.0 Å². The number of esters is 1. The summed E-state index contributed by atoms with van der Waals surface area (Å²) in [5.74, 6) is 0.614. The van der Waals surface area contributed by atoms with E-state index in [0.29, 0.717) is 17.5 Å². The van der Waals surface area contributed by atoms with Gasteiger partial charge in [0.25, 0.3) is 0 Å². The standard InChI is InChI=1S/C9H11NO4/c1-6(11)14-7-4-8(12-2)10-9(5-7)13-3/h4-5H,1-3H3. The molecule has 0 aliphatic rings. The van der Waals surface area contributed by atoms with E-state index in [1.807, 2.05) is 0 Å². The number of carbonyl (C=O) groups is 1. The van der Waals surface area contributed by atoms with Crippen LogP contribution in [-0.4, -0.2) is 25.2 Å². The molecule has 0 N–H and O–H groups in total. The first-order valence-corrected chi connectivity index (χ1v) is 3.94. The van der Waals surface area contributed by atoms with Gasteiger partial charge in [-0.2, -0.15) is 4.98 Å². The lowest BCUT2D eigenvalue weighted by atomic mass is 10.4. The van der Waals surface area contributed by atoms with Gasteiger partial charge in [-0.25, -0.2) is 0 Å². The zero-order chi connectivity index (χ0) is 10.6. The number of ether oxygens (including phenoxy) is 3. The van der Waals surface area contributed by atoms with Crippen molar-refractivity contribution in [2.24, 2.45) is 0 Å². The van der Waals surface area contributed by atoms with Gasteiger partial charge in [-0.1, -0.05) is 0 Å². The average molecular weight is 197 g/mol. The van der Waals surface area contributed by atoms with Crippen molar-refractivity contribution in [1.29, 1.82) is 0 Å². The molecule has 0 aliphatic heterocycles. The number of hydrogen-bond donors (Lipinski definition) is 0. The van der Waals surface area contributed by atoms with Gasteiger partial charge in [-0.15, -0.1) is 0 Å². The number of rotatable bonds is 3. The molecule has 76 valence electrons. The lowest BCUT2D eigenvalue weighted by Crippen LogP contribution is -2.02. The topological polar surface area (TPSA) is 57.7 Å². The molecule has 0 atom stereocenters. The van der Waals surface area contributed by atoms with Crippen LogP contribution in [0, 0.1) is 0 Å². The first kappa shape index (κ1) is 10.3. The first-order chi connectivity index (χ1) is 6.65. The molecule has 0 spiro atoms. The second kappa shape index (κ2) is 4.45. The summed E-state index contributed by atoms with van der Waals surface area (Å²) in [5, 5.41) is 0. The van der Waals surface area contributed by atoms with Gasteiger partial charge >= 0.3 is 5.97 Å². The van der Waals surface area contributed by atoms with Crippen molar-refractivity contribution >= 4 is 5.97 Å². The van der Waals surface area contributed by atoms with Crippen LogP contribution in [-0.2, 0) is 4.79 Å². The van der Waals surface area contributed by atoms with Crippen LogP contribution in [0.15, 0.2) is 12.1 Å². The molecule has 0 bridgehead atoms. The fraction of sp³-hybridized carbons (Fsp3) is 0.333. The van der Waals surface area contributed by atoms with E-state index in [2.05, 4.69) is 4.98 Å². The summed E-state index contributed by atoms with van der Waals surface area (Å²) < 4.78 is 14.7. The van der Waals surface area contributed by atoms with Gasteiger partial charge in [-0.3, -0.25) is 4.79 Å². The minimum absolute atomic E-state index is 0.334. The molecule has 1 aromatic heterocycles. The Morgan fingerprint density at radius 2 is 1.71 bits per heavy atom. The summed E-state index contributed by atoms with van der Waals surface area (Å²) in [7, 11) is 2.94. The third-order valence-corrected chi connectivity index (χ3v) is 1.43. The zero-order valence-corrected chi connectivity index (χ0v) is 8.23. The Kier molecular flexibility index (Phi) is 3.28. The molecule has 5 heteroatoms. The van der Waals surface area contributed by atoms with E-state index in [1.54, 1.807) is 0 Å². The fourth-order valence-electron chi connectivity index (χ4n) is 0.892. The minimum atomic E-state index is -0.402. The molecule has 5 nitrogen and oxygen atoms in total. The van der Waals surface area contributed by atoms with Crippen molar-refractivity contribution in [3.05, 3.63) is 12.1 Å². The fourth-order valence-corrected chi connectivity index (χ4v) is 0.892. The maximum atomic E-state index is 10.7. The molecule has 0 saturated heterocycles. The molecule has 0 saturated carbocycles. The lowest BCUT2D eigenvalue weighted by Gasteiger charge is -2.06. The smallest absolute Gasteiger partial charge is 0.308 e. The molecule has 1 aromatic rings. The number of hydrogen-bond acceptors (Lipinski definition) is 5. The third-order valence-electron chi connectivity index (χ3n) is 1.43. The normalized spacial score (nSPS) is 9.36. The Morgan fingerprint density at radius 3 is 2.07 bits per heavy atom. The van der Waals surface area contributed by atoms with Gasteiger partial charge in [0, 0.05) is 19.1 Å². The molecule has 0 aliphatic carbocycles. The molecular formula is C9H11NO4. The number of carbonyl (C=O) groups excluding carboxylic acids is 1. The SMILES string of the molecule is COc1cc(OC(C)=O)cc(OC)n1. The number of methoxy groups -OCH3 is 2. The van der Waals surface area contributed by atoms with E-state index in [0.717, 1.165) is 0 Å². The largest absolute Gasteiger partial charge is 0.481 e. The molecule has 0 fully saturated rings. The highest BCUT2D eigenvalue weighted by Crippen LogP contribution is 2.23. The molecule has 14 heavy (non-hydrogen) atoms. The predicted molar refractivity (Wildman–Crippen MR) is 48.7 cm³/mol. The van der Waals surface area contributed by atoms with Crippen LogP contribution < -0.4 is 14.2 Å². The summed E-state index contributed by atoms with van der Waals surface area (Å²) in [5.41, 5.74) is 0. The minimum Gasteiger partial charge on any atom is -0.481 e. The van der Waals surface area contributed by atoms with Gasteiger partial charge in [0.05, 0.1) is 14.2 Å². The average Bonchev–Trinajstić information content (AvgIpc) is 2.16. The maximum absolute atomic E-state index is 10.7. The molecule has 0 aromatic carbocycles. The first-order valence-electron chi connectivity index (χ1n) is 3.94. The Labute approximate surface area is 81.6 Å². The van der Waals surface area contributed by atoms with Gasteiger partial charge < -0.3 is 14.2 Å². The third kappa shape index (κ3) is 2.62. The molecular weight excluding hydrogens is 186 g/mol. The molecule has 0 radical (unpaired) electrons. The summed E-state index contributed by atoms with van der Waals surface area (Å²) in [6, 6.07) is 3.01. The van der Waals surface area contributed by atoms with E-state index in [9.17, 15) is 4.79 Å². The number of aromatic nitrogens is 1. The molecule has 0 unspecified atom stereocenters. The quantitative estimate of drug-likeness (QED) is 0.677.